The molecule has 2 aromatic heterocycles. The minimum Gasteiger partial charge on any atom is -0.384 e. The molecule has 2 aliphatic heterocycles. The van der Waals surface area contributed by atoms with Crippen LogP contribution in [0.5, 0.6) is 0 Å². The van der Waals surface area contributed by atoms with Gasteiger partial charge in [0.25, 0.3) is 5.56 Å². The molecule has 9 heteroatoms. The summed E-state index contributed by atoms with van der Waals surface area (Å²) in [5.74, 6) is 1.81. The molecule has 0 radical (unpaired) electrons. The van der Waals surface area contributed by atoms with Crippen LogP contribution in [0.1, 0.15) is 35.8 Å². The summed E-state index contributed by atoms with van der Waals surface area (Å²) in [5.41, 5.74) is 1.96. The molecule has 2 fully saturated rings. The number of anilines is 1. The highest BCUT2D eigenvalue weighted by Gasteiger charge is 2.24. The number of H-pyrrole nitrogens is 1. The van der Waals surface area contributed by atoms with E-state index in [2.05, 4.69) is 24.8 Å². The summed E-state index contributed by atoms with van der Waals surface area (Å²) in [5, 5.41) is 0. The Labute approximate surface area is 176 Å². The van der Waals surface area contributed by atoms with Gasteiger partial charge in [-0.05, 0) is 25.9 Å². The number of ether oxygens (including phenoxy) is 2. The minimum atomic E-state index is -0.0744. The first kappa shape index (κ1) is 20.9. The number of aromatic nitrogens is 4. The molecule has 0 amide bonds. The normalized spacial score (nSPS) is 18.6. The van der Waals surface area contributed by atoms with Crippen molar-refractivity contribution in [1.29, 1.82) is 0 Å². The van der Waals surface area contributed by atoms with E-state index in [1.165, 1.54) is 0 Å². The zero-order valence-electron chi connectivity index (χ0n) is 17.5. The molecule has 0 unspecified atom stereocenters. The molecular formula is C21H30N6O3. The van der Waals surface area contributed by atoms with Crippen molar-refractivity contribution in [3.8, 4) is 0 Å². The maximum Gasteiger partial charge on any atom is 0.252 e. The van der Waals surface area contributed by atoms with Crippen LogP contribution in [0.3, 0.4) is 0 Å². The molecule has 162 valence electrons. The summed E-state index contributed by atoms with van der Waals surface area (Å²) in [6.45, 7) is 6.28. The molecular weight excluding hydrogens is 384 g/mol. The number of nitrogens with one attached hydrogen (secondary N) is 1. The van der Waals surface area contributed by atoms with Gasteiger partial charge in [-0.2, -0.15) is 0 Å². The molecule has 0 bridgehead atoms. The highest BCUT2D eigenvalue weighted by Crippen LogP contribution is 2.27. The molecule has 1 N–H and O–H groups in total. The number of likely N-dealkylation sites (tertiary alicyclic amines) is 1. The molecule has 4 heterocycles. The quantitative estimate of drug-likeness (QED) is 0.716. The van der Waals surface area contributed by atoms with Gasteiger partial charge in [0.15, 0.2) is 0 Å². The number of hydrogen-bond donors (Lipinski definition) is 1. The molecule has 0 atom stereocenters. The number of methoxy groups -OCH3 is 1. The van der Waals surface area contributed by atoms with Crippen LogP contribution in [0.4, 0.5) is 5.95 Å². The first-order valence-corrected chi connectivity index (χ1v) is 10.7. The molecule has 2 saturated heterocycles. The van der Waals surface area contributed by atoms with Gasteiger partial charge in [0, 0.05) is 63.1 Å². The minimum absolute atomic E-state index is 0.0744. The molecule has 0 aliphatic carbocycles. The standard InChI is InChI=1S/C21H30N6O3/c1-29-9-4-19-22-13-16(14-23-19)15-26-5-2-17(3-6-26)18-12-20(28)25-21(24-18)27-7-10-30-11-8-27/h12-14,17H,2-11,15H2,1H3,(H,24,25,28). The molecule has 30 heavy (non-hydrogen) atoms. The summed E-state index contributed by atoms with van der Waals surface area (Å²) in [7, 11) is 1.68. The van der Waals surface area contributed by atoms with Gasteiger partial charge in [-0.25, -0.2) is 15.0 Å². The topological polar surface area (TPSA) is 96.5 Å². The van der Waals surface area contributed by atoms with Crippen LogP contribution >= 0.6 is 0 Å². The zero-order valence-corrected chi connectivity index (χ0v) is 17.5. The third-order valence-electron chi connectivity index (χ3n) is 5.76. The second-order valence-electron chi connectivity index (χ2n) is 7.89. The van der Waals surface area contributed by atoms with Crippen molar-refractivity contribution < 1.29 is 9.47 Å². The number of nitrogens with zero attached hydrogens (tertiary/aromatic N) is 5. The van der Waals surface area contributed by atoms with Gasteiger partial charge >= 0.3 is 0 Å². The van der Waals surface area contributed by atoms with Crippen LogP contribution in [0, 0.1) is 0 Å². The van der Waals surface area contributed by atoms with Gasteiger partial charge in [0.1, 0.15) is 5.82 Å². The number of morpholine rings is 1. The lowest BCUT2D eigenvalue weighted by Gasteiger charge is -2.32. The highest BCUT2D eigenvalue weighted by molar-refractivity contribution is 5.31. The third kappa shape index (κ3) is 5.41. The van der Waals surface area contributed by atoms with E-state index in [-0.39, 0.29) is 5.56 Å². The molecule has 0 saturated carbocycles. The van der Waals surface area contributed by atoms with Crippen LogP contribution in [-0.4, -0.2) is 77.9 Å². The maximum atomic E-state index is 12.2. The van der Waals surface area contributed by atoms with E-state index < -0.39 is 0 Å². The van der Waals surface area contributed by atoms with Crippen molar-refractivity contribution >= 4 is 5.95 Å². The Bertz CT molecular complexity index is 858. The second kappa shape index (κ2) is 10.1. The summed E-state index contributed by atoms with van der Waals surface area (Å²) >= 11 is 0. The average Bonchev–Trinajstić information content (AvgIpc) is 2.79. The fourth-order valence-electron chi connectivity index (χ4n) is 4.03. The van der Waals surface area contributed by atoms with Crippen molar-refractivity contribution in [2.45, 2.75) is 31.7 Å². The Morgan fingerprint density at radius 3 is 2.60 bits per heavy atom. The van der Waals surface area contributed by atoms with E-state index in [1.807, 2.05) is 12.4 Å². The molecule has 9 nitrogen and oxygen atoms in total. The average molecular weight is 415 g/mol. The van der Waals surface area contributed by atoms with Gasteiger partial charge in [0.05, 0.1) is 25.5 Å². The highest BCUT2D eigenvalue weighted by atomic mass is 16.5. The monoisotopic (exact) mass is 414 g/mol. The van der Waals surface area contributed by atoms with Crippen molar-refractivity contribution in [1.82, 2.24) is 24.8 Å². The van der Waals surface area contributed by atoms with Gasteiger partial charge in [-0.1, -0.05) is 0 Å². The lowest BCUT2D eigenvalue weighted by Crippen LogP contribution is -2.39. The zero-order chi connectivity index (χ0) is 20.8. The maximum absolute atomic E-state index is 12.2. The number of rotatable bonds is 7. The fourth-order valence-corrected chi connectivity index (χ4v) is 4.03. The van der Waals surface area contributed by atoms with Crippen molar-refractivity contribution in [3.63, 3.8) is 0 Å². The van der Waals surface area contributed by atoms with Crippen LogP contribution in [0.2, 0.25) is 0 Å². The Balaban J connectivity index is 1.33. The summed E-state index contributed by atoms with van der Waals surface area (Å²) in [4.78, 5) is 33.3. The SMILES string of the molecule is COCCc1ncc(CN2CCC(c3cc(=O)[nH]c(N4CCOCC4)n3)CC2)cn1. The molecule has 2 aliphatic rings. The molecule has 4 rings (SSSR count). The predicted molar refractivity (Wildman–Crippen MR) is 113 cm³/mol. The number of piperidine rings is 1. The molecule has 0 spiro atoms. The Morgan fingerprint density at radius 1 is 1.17 bits per heavy atom. The summed E-state index contributed by atoms with van der Waals surface area (Å²) in [6.07, 6.45) is 6.55. The summed E-state index contributed by atoms with van der Waals surface area (Å²) in [6, 6.07) is 1.66. The van der Waals surface area contributed by atoms with Crippen molar-refractivity contribution in [3.05, 3.63) is 45.9 Å². The van der Waals surface area contributed by atoms with E-state index in [4.69, 9.17) is 14.5 Å². The van der Waals surface area contributed by atoms with Crippen molar-refractivity contribution in [2.24, 2.45) is 0 Å². The fraction of sp³-hybridized carbons (Fsp3) is 0.619. The molecule has 2 aromatic rings. The molecule has 0 aromatic carbocycles. The Morgan fingerprint density at radius 2 is 1.90 bits per heavy atom. The lowest BCUT2D eigenvalue weighted by atomic mass is 9.93. The third-order valence-corrected chi connectivity index (χ3v) is 5.76. The largest absolute Gasteiger partial charge is 0.384 e. The van der Waals surface area contributed by atoms with Crippen LogP contribution in [0.15, 0.2) is 23.3 Å². The van der Waals surface area contributed by atoms with Gasteiger partial charge in [-0.15, -0.1) is 0 Å². The van der Waals surface area contributed by atoms with E-state index in [1.54, 1.807) is 13.2 Å². The van der Waals surface area contributed by atoms with E-state index in [0.717, 1.165) is 69.1 Å². The van der Waals surface area contributed by atoms with Crippen LogP contribution in [-0.2, 0) is 22.4 Å². The number of aromatic amines is 1. The van der Waals surface area contributed by atoms with Crippen LogP contribution in [0.25, 0.3) is 0 Å². The first-order valence-electron chi connectivity index (χ1n) is 10.7. The van der Waals surface area contributed by atoms with Gasteiger partial charge < -0.3 is 14.4 Å². The van der Waals surface area contributed by atoms with Crippen LogP contribution < -0.4 is 10.5 Å². The van der Waals surface area contributed by atoms with E-state index in [9.17, 15) is 4.79 Å². The van der Waals surface area contributed by atoms with E-state index >= 15 is 0 Å². The summed E-state index contributed by atoms with van der Waals surface area (Å²) < 4.78 is 10.5. The number of hydrogen-bond acceptors (Lipinski definition) is 8. The van der Waals surface area contributed by atoms with Crippen molar-refractivity contribution in [2.75, 3.05) is 58.0 Å². The smallest absolute Gasteiger partial charge is 0.252 e. The van der Waals surface area contributed by atoms with Gasteiger partial charge in [-0.3, -0.25) is 14.7 Å². The first-order chi connectivity index (χ1) is 14.7. The lowest BCUT2D eigenvalue weighted by molar-refractivity contribution is 0.122. The Kier molecular flexibility index (Phi) is 7.03. The predicted octanol–water partition coefficient (Wildman–Crippen LogP) is 0.965. The van der Waals surface area contributed by atoms with Gasteiger partial charge in [0.2, 0.25) is 5.95 Å². The second-order valence-corrected chi connectivity index (χ2v) is 7.89. The van der Waals surface area contributed by atoms with E-state index in [0.29, 0.717) is 31.7 Å². The Hall–Kier alpha value is -2.36.